The molecule has 2 aliphatic rings. The Hall–Kier alpha value is -1.59. The first kappa shape index (κ1) is 14.4. The van der Waals surface area contributed by atoms with Crippen LogP contribution in [-0.4, -0.2) is 29.2 Å². The second-order valence-corrected chi connectivity index (χ2v) is 6.04. The molecule has 112 valence electrons. The fourth-order valence-electron chi connectivity index (χ4n) is 3.22. The van der Waals surface area contributed by atoms with Gasteiger partial charge in [0, 0.05) is 10.7 Å². The molecular formula is C15H16ClNO4. The number of carboxylic acids is 1. The number of ether oxygens (including phenoxy) is 1. The van der Waals surface area contributed by atoms with Gasteiger partial charge in [-0.1, -0.05) is 17.7 Å². The summed E-state index contributed by atoms with van der Waals surface area (Å²) in [5, 5.41) is 12.6. The van der Waals surface area contributed by atoms with E-state index in [1.807, 2.05) is 13.0 Å². The van der Waals surface area contributed by atoms with Crippen molar-refractivity contribution < 1.29 is 19.4 Å². The number of aryl methyl sites for hydroxylation is 1. The smallest absolute Gasteiger partial charge is 0.310 e. The van der Waals surface area contributed by atoms with E-state index in [2.05, 4.69) is 5.32 Å². The molecule has 0 aromatic heterocycles. The number of carbonyl (C=O) groups is 2. The summed E-state index contributed by atoms with van der Waals surface area (Å²) in [7, 11) is 0. The molecule has 0 unspecified atom stereocenters. The Labute approximate surface area is 127 Å². The Bertz CT molecular complexity index is 603. The third-order valence-electron chi connectivity index (χ3n) is 4.30. The molecule has 6 heteroatoms. The summed E-state index contributed by atoms with van der Waals surface area (Å²) in [5.74, 6) is -2.68. The molecule has 1 aromatic rings. The van der Waals surface area contributed by atoms with Crippen molar-refractivity contribution in [3.05, 3.63) is 28.8 Å². The van der Waals surface area contributed by atoms with Crippen molar-refractivity contribution in [1.82, 2.24) is 0 Å². The molecule has 0 saturated carbocycles. The van der Waals surface area contributed by atoms with Gasteiger partial charge in [-0.2, -0.15) is 0 Å². The van der Waals surface area contributed by atoms with E-state index in [1.54, 1.807) is 12.1 Å². The highest BCUT2D eigenvalue weighted by molar-refractivity contribution is 6.31. The van der Waals surface area contributed by atoms with Gasteiger partial charge in [0.25, 0.3) is 0 Å². The maximum Gasteiger partial charge on any atom is 0.310 e. The highest BCUT2D eigenvalue weighted by atomic mass is 35.5. The topological polar surface area (TPSA) is 75.6 Å². The number of rotatable bonds is 3. The number of amides is 1. The molecule has 2 heterocycles. The summed E-state index contributed by atoms with van der Waals surface area (Å²) in [5.41, 5.74) is 1.49. The molecule has 2 N–H and O–H groups in total. The molecule has 0 spiro atoms. The van der Waals surface area contributed by atoms with Crippen LogP contribution in [0.5, 0.6) is 0 Å². The largest absolute Gasteiger partial charge is 0.481 e. The van der Waals surface area contributed by atoms with Crippen LogP contribution in [0.4, 0.5) is 5.69 Å². The second-order valence-electron chi connectivity index (χ2n) is 5.63. The maximum atomic E-state index is 12.4. The molecule has 1 aromatic carbocycles. The van der Waals surface area contributed by atoms with Crippen molar-refractivity contribution in [2.75, 3.05) is 5.32 Å². The Kier molecular flexibility index (Phi) is 3.63. The van der Waals surface area contributed by atoms with E-state index in [9.17, 15) is 14.7 Å². The van der Waals surface area contributed by atoms with E-state index in [-0.39, 0.29) is 18.1 Å². The lowest BCUT2D eigenvalue weighted by atomic mass is 9.78. The molecule has 2 aliphatic heterocycles. The van der Waals surface area contributed by atoms with Crippen LogP contribution in [0.25, 0.3) is 0 Å². The lowest BCUT2D eigenvalue weighted by molar-refractivity contribution is -0.147. The summed E-state index contributed by atoms with van der Waals surface area (Å²) in [4.78, 5) is 23.8. The summed E-state index contributed by atoms with van der Waals surface area (Å²) in [6.45, 7) is 1.87. The van der Waals surface area contributed by atoms with Crippen LogP contribution in [0.1, 0.15) is 18.4 Å². The highest BCUT2D eigenvalue weighted by Crippen LogP contribution is 2.44. The summed E-state index contributed by atoms with van der Waals surface area (Å²) >= 11 is 6.03. The molecule has 2 saturated heterocycles. The molecular weight excluding hydrogens is 294 g/mol. The monoisotopic (exact) mass is 309 g/mol. The second kappa shape index (κ2) is 5.31. The van der Waals surface area contributed by atoms with Crippen molar-refractivity contribution in [1.29, 1.82) is 0 Å². The molecule has 4 atom stereocenters. The number of carbonyl (C=O) groups excluding carboxylic acids is 1. The number of anilines is 1. The van der Waals surface area contributed by atoms with Crippen LogP contribution in [0.3, 0.4) is 0 Å². The van der Waals surface area contributed by atoms with Crippen LogP contribution < -0.4 is 5.32 Å². The fourth-order valence-corrected chi connectivity index (χ4v) is 3.40. The Morgan fingerprint density at radius 1 is 1.29 bits per heavy atom. The Balaban J connectivity index is 1.78. The van der Waals surface area contributed by atoms with Crippen LogP contribution >= 0.6 is 11.6 Å². The van der Waals surface area contributed by atoms with Gasteiger partial charge in [0.15, 0.2) is 0 Å². The van der Waals surface area contributed by atoms with Crippen LogP contribution in [0.15, 0.2) is 18.2 Å². The number of nitrogens with one attached hydrogen (secondary N) is 1. The van der Waals surface area contributed by atoms with Gasteiger partial charge in [0.2, 0.25) is 5.91 Å². The molecule has 21 heavy (non-hydrogen) atoms. The number of aliphatic carboxylic acids is 1. The number of halogens is 1. The number of hydrogen-bond acceptors (Lipinski definition) is 3. The van der Waals surface area contributed by atoms with E-state index in [0.717, 1.165) is 12.0 Å². The zero-order chi connectivity index (χ0) is 15.1. The molecule has 0 radical (unpaired) electrons. The van der Waals surface area contributed by atoms with Gasteiger partial charge in [0.1, 0.15) is 0 Å². The zero-order valence-corrected chi connectivity index (χ0v) is 12.3. The van der Waals surface area contributed by atoms with Crippen molar-refractivity contribution in [2.45, 2.75) is 32.0 Å². The minimum absolute atomic E-state index is 0.294. The predicted molar refractivity (Wildman–Crippen MR) is 77.3 cm³/mol. The summed E-state index contributed by atoms with van der Waals surface area (Å²) < 4.78 is 5.59. The first-order chi connectivity index (χ1) is 9.97. The van der Waals surface area contributed by atoms with Gasteiger partial charge in [-0.15, -0.1) is 0 Å². The van der Waals surface area contributed by atoms with Gasteiger partial charge in [-0.25, -0.2) is 0 Å². The SMILES string of the molecule is Cc1ccc(NC(=O)[C@H]2[C@@H](C(=O)O)[C@H]3CC[C@@H]2O3)cc1Cl. The van der Waals surface area contributed by atoms with E-state index in [1.165, 1.54) is 0 Å². The first-order valence-electron chi connectivity index (χ1n) is 6.92. The minimum atomic E-state index is -0.968. The van der Waals surface area contributed by atoms with Crippen LogP contribution in [-0.2, 0) is 14.3 Å². The van der Waals surface area contributed by atoms with Gasteiger partial charge in [0.05, 0.1) is 24.0 Å². The summed E-state index contributed by atoms with van der Waals surface area (Å²) in [6.07, 6.45) is 0.810. The lowest BCUT2D eigenvalue weighted by Gasteiger charge is -2.23. The quantitative estimate of drug-likeness (QED) is 0.899. The van der Waals surface area contributed by atoms with Crippen molar-refractivity contribution >= 4 is 29.2 Å². The number of fused-ring (bicyclic) bond motifs is 2. The normalized spacial score (nSPS) is 30.4. The van der Waals surface area contributed by atoms with Crippen molar-refractivity contribution in [2.24, 2.45) is 11.8 Å². The minimum Gasteiger partial charge on any atom is -0.481 e. The Morgan fingerprint density at radius 3 is 2.57 bits per heavy atom. The van der Waals surface area contributed by atoms with E-state index in [4.69, 9.17) is 16.3 Å². The third-order valence-corrected chi connectivity index (χ3v) is 4.71. The standard InChI is InChI=1S/C15H16ClNO4/c1-7-2-3-8(6-9(7)16)17-14(18)12-10-4-5-11(21-10)13(12)15(19)20/h2-3,6,10-13H,4-5H2,1H3,(H,17,18)(H,19,20)/t10-,11+,12+,13-/m0/s1. The van der Waals surface area contributed by atoms with Crippen molar-refractivity contribution in [3.8, 4) is 0 Å². The predicted octanol–water partition coefficient (Wildman–Crippen LogP) is 2.47. The van der Waals surface area contributed by atoms with Gasteiger partial charge < -0.3 is 15.2 Å². The maximum absolute atomic E-state index is 12.4. The third kappa shape index (κ3) is 2.51. The number of benzene rings is 1. The fraction of sp³-hybridized carbons (Fsp3) is 0.467. The molecule has 2 fully saturated rings. The molecule has 0 aliphatic carbocycles. The van der Waals surface area contributed by atoms with Crippen LogP contribution in [0, 0.1) is 18.8 Å². The highest BCUT2D eigenvalue weighted by Gasteiger charge is 2.55. The molecule has 5 nitrogen and oxygen atoms in total. The number of carboxylic acid groups (broad SMARTS) is 1. The van der Waals surface area contributed by atoms with Gasteiger partial charge >= 0.3 is 5.97 Å². The zero-order valence-electron chi connectivity index (χ0n) is 11.5. The van der Waals surface area contributed by atoms with Gasteiger partial charge in [-0.05, 0) is 37.5 Å². The van der Waals surface area contributed by atoms with E-state index >= 15 is 0 Å². The average molecular weight is 310 g/mol. The molecule has 3 rings (SSSR count). The molecule has 1 amide bonds. The lowest BCUT2D eigenvalue weighted by Crippen LogP contribution is -2.40. The van der Waals surface area contributed by atoms with Crippen LogP contribution in [0.2, 0.25) is 5.02 Å². The Morgan fingerprint density at radius 2 is 1.95 bits per heavy atom. The molecule has 2 bridgehead atoms. The number of hydrogen-bond donors (Lipinski definition) is 2. The van der Waals surface area contributed by atoms with E-state index in [0.29, 0.717) is 17.1 Å². The average Bonchev–Trinajstić information content (AvgIpc) is 3.03. The summed E-state index contributed by atoms with van der Waals surface area (Å²) in [6, 6.07) is 5.23. The first-order valence-corrected chi connectivity index (χ1v) is 7.30. The van der Waals surface area contributed by atoms with E-state index < -0.39 is 17.8 Å². The van der Waals surface area contributed by atoms with Crippen molar-refractivity contribution in [3.63, 3.8) is 0 Å². The van der Waals surface area contributed by atoms with Gasteiger partial charge in [-0.3, -0.25) is 9.59 Å².